The average molecular weight is 916 g/mol. The summed E-state index contributed by atoms with van der Waals surface area (Å²) in [6, 6.07) is 0. The summed E-state index contributed by atoms with van der Waals surface area (Å²) in [6.45, 7) is 4.16. The summed E-state index contributed by atoms with van der Waals surface area (Å²) in [5.41, 5.74) is 0. The van der Waals surface area contributed by atoms with Gasteiger partial charge in [-0.15, -0.1) is 0 Å². The molecule has 0 saturated carbocycles. The van der Waals surface area contributed by atoms with Crippen LogP contribution in [0, 0.1) is 0 Å². The van der Waals surface area contributed by atoms with Crippen molar-refractivity contribution >= 4 is 11.9 Å². The molecule has 1 N–H and O–H groups in total. The quantitative estimate of drug-likeness (QED) is 0.0374. The predicted octanol–water partition coefficient (Wildman–Crippen LogP) is 19.7. The molecule has 0 amide bonds. The smallest absolute Gasteiger partial charge is 0.306 e. The Hall–Kier alpha value is -1.62. The Morgan fingerprint density at radius 1 is 0.354 bits per heavy atom. The number of hydrogen-bond donors (Lipinski definition) is 1. The van der Waals surface area contributed by atoms with Crippen LogP contribution in [0.25, 0.3) is 0 Å². The van der Waals surface area contributed by atoms with E-state index in [0.717, 1.165) is 38.5 Å². The molecule has 0 aliphatic heterocycles. The zero-order chi connectivity index (χ0) is 47.0. The number of aliphatic hydroxyl groups is 1. The normalized spacial score (nSPS) is 12.2. The van der Waals surface area contributed by atoms with Crippen molar-refractivity contribution in [1.82, 2.24) is 0 Å². The van der Waals surface area contributed by atoms with Crippen LogP contribution in [0.1, 0.15) is 328 Å². The average Bonchev–Trinajstić information content (AvgIpc) is 3.31. The van der Waals surface area contributed by atoms with Crippen LogP contribution in [-0.2, 0) is 19.1 Å². The number of carbonyl (C=O) groups is 2. The second kappa shape index (κ2) is 56.7. The summed E-state index contributed by atoms with van der Waals surface area (Å²) in [5, 5.41) is 9.65. The molecule has 1 atom stereocenters. The van der Waals surface area contributed by atoms with E-state index in [2.05, 4.69) is 38.2 Å². The van der Waals surface area contributed by atoms with Crippen LogP contribution in [0.15, 0.2) is 24.3 Å². The number of unbranched alkanes of at least 4 members (excludes halogenated alkanes) is 43. The fourth-order valence-corrected chi connectivity index (χ4v) is 9.06. The van der Waals surface area contributed by atoms with E-state index in [9.17, 15) is 14.7 Å². The number of aliphatic hydroxyl groups excluding tert-OH is 1. The molecule has 0 heterocycles. The molecular formula is C60H114O5. The van der Waals surface area contributed by atoms with Crippen molar-refractivity contribution in [3.8, 4) is 0 Å². The largest absolute Gasteiger partial charge is 0.462 e. The molecule has 0 aromatic heterocycles. The molecule has 5 nitrogen and oxygen atoms in total. The fourth-order valence-electron chi connectivity index (χ4n) is 9.06. The van der Waals surface area contributed by atoms with Gasteiger partial charge in [0.05, 0.1) is 6.61 Å². The minimum atomic E-state index is -0.771. The molecule has 0 saturated heterocycles. The fraction of sp³-hybridized carbons (Fsp3) is 0.900. The Morgan fingerprint density at radius 2 is 0.615 bits per heavy atom. The first kappa shape index (κ1) is 63.4. The van der Waals surface area contributed by atoms with E-state index in [1.54, 1.807) is 0 Å². The predicted molar refractivity (Wildman–Crippen MR) is 284 cm³/mol. The van der Waals surface area contributed by atoms with Crippen LogP contribution < -0.4 is 0 Å². The van der Waals surface area contributed by atoms with E-state index in [4.69, 9.17) is 9.47 Å². The van der Waals surface area contributed by atoms with Crippen LogP contribution in [-0.4, -0.2) is 36.4 Å². The lowest BCUT2D eigenvalue weighted by Gasteiger charge is -2.15. The monoisotopic (exact) mass is 915 g/mol. The molecule has 0 aromatic rings. The van der Waals surface area contributed by atoms with Gasteiger partial charge in [-0.1, -0.05) is 295 Å². The van der Waals surface area contributed by atoms with Crippen molar-refractivity contribution in [2.24, 2.45) is 0 Å². The van der Waals surface area contributed by atoms with Gasteiger partial charge in [-0.25, -0.2) is 0 Å². The Kier molecular flexibility index (Phi) is 55.3. The van der Waals surface area contributed by atoms with Gasteiger partial charge in [-0.05, 0) is 44.9 Å². The van der Waals surface area contributed by atoms with E-state index in [1.165, 1.54) is 263 Å². The van der Waals surface area contributed by atoms with E-state index < -0.39 is 6.10 Å². The Labute approximate surface area is 406 Å². The third-order valence-corrected chi connectivity index (χ3v) is 13.5. The first-order valence-corrected chi connectivity index (χ1v) is 29.4. The topological polar surface area (TPSA) is 72.8 Å². The lowest BCUT2D eigenvalue weighted by atomic mass is 10.0. The highest BCUT2D eigenvalue weighted by atomic mass is 16.6. The molecule has 65 heavy (non-hydrogen) atoms. The highest BCUT2D eigenvalue weighted by molar-refractivity contribution is 5.70. The summed E-state index contributed by atoms with van der Waals surface area (Å²) in [7, 11) is 0. The van der Waals surface area contributed by atoms with Gasteiger partial charge < -0.3 is 14.6 Å². The molecule has 0 fully saturated rings. The maximum absolute atomic E-state index is 12.3. The molecule has 0 bridgehead atoms. The van der Waals surface area contributed by atoms with E-state index in [1.807, 2.05) is 0 Å². The SMILES string of the molecule is CCCCC/C=C\C/C=C\CCCCCCCCCCCC(=O)OC(CO)COC(=O)CCCCCCCCCCCCCCCCCCCCCCCCCCCCCCCCCC. The second-order valence-electron chi connectivity index (χ2n) is 20.1. The molecule has 0 rings (SSSR count). The van der Waals surface area contributed by atoms with Gasteiger partial charge in [-0.2, -0.15) is 0 Å². The number of allylic oxidation sites excluding steroid dienone is 4. The first-order valence-electron chi connectivity index (χ1n) is 29.4. The molecule has 0 aliphatic rings. The highest BCUT2D eigenvalue weighted by Crippen LogP contribution is 2.18. The number of ether oxygens (including phenoxy) is 2. The molecule has 1 unspecified atom stereocenters. The minimum Gasteiger partial charge on any atom is -0.462 e. The summed E-state index contributed by atoms with van der Waals surface area (Å²) >= 11 is 0. The van der Waals surface area contributed by atoms with Crippen LogP contribution in [0.3, 0.4) is 0 Å². The van der Waals surface area contributed by atoms with Crippen LogP contribution in [0.2, 0.25) is 0 Å². The molecule has 0 spiro atoms. The summed E-state index contributed by atoms with van der Waals surface area (Å²) < 4.78 is 10.7. The van der Waals surface area contributed by atoms with Gasteiger partial charge in [0.2, 0.25) is 0 Å². The van der Waals surface area contributed by atoms with Gasteiger partial charge in [0.15, 0.2) is 6.10 Å². The van der Waals surface area contributed by atoms with Gasteiger partial charge in [-0.3, -0.25) is 9.59 Å². The van der Waals surface area contributed by atoms with Crippen molar-refractivity contribution < 1.29 is 24.2 Å². The lowest BCUT2D eigenvalue weighted by Crippen LogP contribution is -2.28. The molecule has 5 heteroatoms. The Balaban J connectivity index is 3.39. The molecule has 0 aromatic carbocycles. The molecule has 0 radical (unpaired) electrons. The van der Waals surface area contributed by atoms with Crippen LogP contribution in [0.5, 0.6) is 0 Å². The second-order valence-corrected chi connectivity index (χ2v) is 20.1. The maximum Gasteiger partial charge on any atom is 0.306 e. The Morgan fingerprint density at radius 3 is 0.938 bits per heavy atom. The lowest BCUT2D eigenvalue weighted by molar-refractivity contribution is -0.161. The van der Waals surface area contributed by atoms with Gasteiger partial charge >= 0.3 is 11.9 Å². The van der Waals surface area contributed by atoms with Gasteiger partial charge in [0, 0.05) is 12.8 Å². The van der Waals surface area contributed by atoms with Crippen molar-refractivity contribution in [2.75, 3.05) is 13.2 Å². The van der Waals surface area contributed by atoms with Crippen LogP contribution >= 0.6 is 0 Å². The summed E-state index contributed by atoms with van der Waals surface area (Å²) in [6.07, 6.45) is 71.7. The number of rotatable bonds is 55. The molecule has 0 aliphatic carbocycles. The minimum absolute atomic E-state index is 0.0620. The third kappa shape index (κ3) is 54.9. The maximum atomic E-state index is 12.3. The zero-order valence-electron chi connectivity index (χ0n) is 44.0. The van der Waals surface area contributed by atoms with Crippen molar-refractivity contribution in [2.45, 2.75) is 335 Å². The summed E-state index contributed by atoms with van der Waals surface area (Å²) in [4.78, 5) is 24.5. The first-order chi connectivity index (χ1) is 32.1. The van der Waals surface area contributed by atoms with Crippen molar-refractivity contribution in [3.05, 3.63) is 24.3 Å². The molecule has 384 valence electrons. The Bertz CT molecular complexity index is 990. The number of hydrogen-bond acceptors (Lipinski definition) is 5. The highest BCUT2D eigenvalue weighted by Gasteiger charge is 2.16. The molecular weight excluding hydrogens is 801 g/mol. The van der Waals surface area contributed by atoms with Crippen molar-refractivity contribution in [1.29, 1.82) is 0 Å². The van der Waals surface area contributed by atoms with Gasteiger partial charge in [0.1, 0.15) is 6.61 Å². The third-order valence-electron chi connectivity index (χ3n) is 13.5. The van der Waals surface area contributed by atoms with E-state index in [-0.39, 0.29) is 25.2 Å². The summed E-state index contributed by atoms with van der Waals surface area (Å²) in [5.74, 6) is -0.577. The standard InChI is InChI=1S/C60H114O5/c1-3-5-7-9-11-13-15-17-19-21-23-24-25-26-27-28-29-30-31-32-33-34-35-37-38-40-42-44-46-48-50-52-54-59(62)64-57-58(56-61)65-60(63)55-53-51-49-47-45-43-41-39-36-22-20-18-16-14-12-10-8-6-4-2/h12,14,18,20,58,61H,3-11,13,15-17,19,21-57H2,1-2H3/b14-12-,20-18-. The van der Waals surface area contributed by atoms with Gasteiger partial charge in [0.25, 0.3) is 0 Å². The van der Waals surface area contributed by atoms with E-state index in [0.29, 0.717) is 12.8 Å². The van der Waals surface area contributed by atoms with E-state index >= 15 is 0 Å². The number of carbonyl (C=O) groups excluding carboxylic acids is 2. The number of esters is 2. The zero-order valence-corrected chi connectivity index (χ0v) is 44.0. The van der Waals surface area contributed by atoms with Crippen LogP contribution in [0.4, 0.5) is 0 Å². The van der Waals surface area contributed by atoms with Crippen molar-refractivity contribution in [3.63, 3.8) is 0 Å².